The molecule has 6 nitrogen and oxygen atoms in total. The molecule has 1 aliphatic heterocycles. The van der Waals surface area contributed by atoms with Gasteiger partial charge in [0.15, 0.2) is 0 Å². The summed E-state index contributed by atoms with van der Waals surface area (Å²) in [5.74, 6) is 1.37. The fraction of sp³-hybridized carbons (Fsp3) is 0.500. The monoisotopic (exact) mass is 308 g/mol. The molecule has 2 aliphatic rings. The summed E-state index contributed by atoms with van der Waals surface area (Å²) in [4.78, 5) is 22.8. The minimum Gasteiger partial charge on any atom is -0.465 e. The first kappa shape index (κ1) is 14.1. The third kappa shape index (κ3) is 2.95. The highest BCUT2D eigenvalue weighted by molar-refractivity contribution is 6.33. The molecule has 3 heterocycles. The SMILES string of the molecule is Clc1ncnc2[nH]ccc12.O=C(O)N1CC2CCCC2C1. The Kier molecular flexibility index (Phi) is 3.96. The maximum Gasteiger partial charge on any atom is 0.407 e. The molecule has 4 rings (SSSR count). The first-order chi connectivity index (χ1) is 10.1. The van der Waals surface area contributed by atoms with Crippen LogP contribution in [0.3, 0.4) is 0 Å². The number of halogens is 1. The average molecular weight is 309 g/mol. The second-order valence-electron chi connectivity index (χ2n) is 5.54. The zero-order valence-corrected chi connectivity index (χ0v) is 12.3. The Hall–Kier alpha value is -1.82. The van der Waals surface area contributed by atoms with Crippen molar-refractivity contribution in [2.45, 2.75) is 19.3 Å². The number of amides is 1. The number of nitrogens with one attached hydrogen (secondary N) is 1. The van der Waals surface area contributed by atoms with Crippen LogP contribution in [0.15, 0.2) is 18.6 Å². The summed E-state index contributed by atoms with van der Waals surface area (Å²) < 4.78 is 0. The fourth-order valence-electron chi connectivity index (χ4n) is 3.23. The molecule has 2 aromatic heterocycles. The number of aromatic amines is 1. The van der Waals surface area contributed by atoms with Crippen LogP contribution in [0, 0.1) is 11.8 Å². The molecular weight excluding hydrogens is 292 g/mol. The van der Waals surface area contributed by atoms with Crippen molar-refractivity contribution in [3.05, 3.63) is 23.7 Å². The quantitative estimate of drug-likeness (QED) is 0.733. The van der Waals surface area contributed by atoms with Crippen LogP contribution < -0.4 is 0 Å². The number of H-pyrrole nitrogens is 1. The van der Waals surface area contributed by atoms with Crippen LogP contribution in [-0.2, 0) is 0 Å². The molecule has 1 amide bonds. The molecule has 21 heavy (non-hydrogen) atoms. The van der Waals surface area contributed by atoms with Gasteiger partial charge in [-0.2, -0.15) is 0 Å². The Morgan fingerprint density at radius 3 is 2.67 bits per heavy atom. The van der Waals surface area contributed by atoms with Gasteiger partial charge in [0.2, 0.25) is 0 Å². The Morgan fingerprint density at radius 2 is 2.05 bits per heavy atom. The first-order valence-electron chi connectivity index (χ1n) is 7.06. The lowest BCUT2D eigenvalue weighted by molar-refractivity contribution is 0.152. The summed E-state index contributed by atoms with van der Waals surface area (Å²) >= 11 is 5.73. The van der Waals surface area contributed by atoms with Gasteiger partial charge >= 0.3 is 6.09 Å². The molecule has 2 aromatic rings. The predicted octanol–water partition coefficient (Wildman–Crippen LogP) is 3.01. The highest BCUT2D eigenvalue weighted by Gasteiger charge is 2.37. The van der Waals surface area contributed by atoms with Gasteiger partial charge in [0.25, 0.3) is 0 Å². The smallest absolute Gasteiger partial charge is 0.407 e. The van der Waals surface area contributed by atoms with Crippen LogP contribution in [0.1, 0.15) is 19.3 Å². The highest BCUT2D eigenvalue weighted by atomic mass is 35.5. The molecule has 1 saturated heterocycles. The zero-order chi connectivity index (χ0) is 14.8. The number of carboxylic acid groups (broad SMARTS) is 1. The Morgan fingerprint density at radius 1 is 1.33 bits per heavy atom. The largest absolute Gasteiger partial charge is 0.465 e. The van der Waals surface area contributed by atoms with Crippen molar-refractivity contribution >= 4 is 28.7 Å². The molecule has 0 radical (unpaired) electrons. The summed E-state index contributed by atoms with van der Waals surface area (Å²) in [5.41, 5.74) is 0.778. The lowest BCUT2D eigenvalue weighted by atomic mass is 10.0. The standard InChI is InChI=1S/C8H13NO2.C6H4ClN3/c10-8(11)9-4-6-2-1-3-7(6)5-9;7-5-4-1-2-8-6(4)10-3-9-5/h6-7H,1-5H2,(H,10,11);1-3H,(H,8,9,10). The number of hydrogen-bond donors (Lipinski definition) is 2. The topological polar surface area (TPSA) is 82.1 Å². The summed E-state index contributed by atoms with van der Waals surface area (Å²) in [6.07, 6.45) is 6.28. The van der Waals surface area contributed by atoms with E-state index in [0.29, 0.717) is 17.0 Å². The van der Waals surface area contributed by atoms with Gasteiger partial charge in [-0.05, 0) is 30.7 Å². The molecule has 0 bridgehead atoms. The van der Waals surface area contributed by atoms with E-state index in [9.17, 15) is 4.79 Å². The van der Waals surface area contributed by atoms with Crippen molar-refractivity contribution in [2.75, 3.05) is 13.1 Å². The number of fused-ring (bicyclic) bond motifs is 2. The van der Waals surface area contributed by atoms with Gasteiger partial charge in [0.1, 0.15) is 17.1 Å². The van der Waals surface area contributed by atoms with Crippen LogP contribution in [0.25, 0.3) is 11.0 Å². The Labute approximate surface area is 127 Å². The summed E-state index contributed by atoms with van der Waals surface area (Å²) in [7, 11) is 0. The number of rotatable bonds is 0. The number of aromatic nitrogens is 3. The van der Waals surface area contributed by atoms with Gasteiger partial charge in [-0.3, -0.25) is 0 Å². The fourth-order valence-corrected chi connectivity index (χ4v) is 3.43. The molecule has 1 aliphatic carbocycles. The number of likely N-dealkylation sites (tertiary alicyclic amines) is 1. The van der Waals surface area contributed by atoms with Crippen molar-refractivity contribution in [3.8, 4) is 0 Å². The maximum absolute atomic E-state index is 10.6. The Bertz CT molecular complexity index is 633. The summed E-state index contributed by atoms with van der Waals surface area (Å²) in [6.45, 7) is 1.58. The molecular formula is C14H17ClN4O2. The second-order valence-corrected chi connectivity index (χ2v) is 5.90. The first-order valence-corrected chi connectivity index (χ1v) is 7.44. The van der Waals surface area contributed by atoms with Crippen molar-refractivity contribution in [3.63, 3.8) is 0 Å². The van der Waals surface area contributed by atoms with Crippen molar-refractivity contribution < 1.29 is 9.90 Å². The van der Waals surface area contributed by atoms with E-state index < -0.39 is 6.09 Å². The van der Waals surface area contributed by atoms with Gasteiger partial charge in [0.05, 0.1) is 5.39 Å². The minimum absolute atomic E-state index is 0.492. The lowest BCUT2D eigenvalue weighted by Crippen LogP contribution is -2.27. The van der Waals surface area contributed by atoms with E-state index in [0.717, 1.165) is 24.1 Å². The molecule has 2 N–H and O–H groups in total. The van der Waals surface area contributed by atoms with E-state index >= 15 is 0 Å². The lowest BCUT2D eigenvalue weighted by Gasteiger charge is -2.11. The van der Waals surface area contributed by atoms with Crippen LogP contribution in [0.2, 0.25) is 5.15 Å². The van der Waals surface area contributed by atoms with Crippen molar-refractivity contribution in [1.82, 2.24) is 19.9 Å². The van der Waals surface area contributed by atoms with E-state index in [2.05, 4.69) is 15.0 Å². The van der Waals surface area contributed by atoms with E-state index in [1.54, 1.807) is 11.1 Å². The van der Waals surface area contributed by atoms with Gasteiger partial charge < -0.3 is 15.0 Å². The molecule has 112 valence electrons. The van der Waals surface area contributed by atoms with Gasteiger partial charge in [-0.15, -0.1) is 0 Å². The van der Waals surface area contributed by atoms with E-state index in [1.807, 2.05) is 6.07 Å². The average Bonchev–Trinajstić information content (AvgIpc) is 3.14. The van der Waals surface area contributed by atoms with Crippen molar-refractivity contribution in [1.29, 1.82) is 0 Å². The van der Waals surface area contributed by atoms with E-state index in [-0.39, 0.29) is 0 Å². The Balaban J connectivity index is 0.000000126. The highest BCUT2D eigenvalue weighted by Crippen LogP contribution is 2.37. The van der Waals surface area contributed by atoms with Crippen LogP contribution >= 0.6 is 11.6 Å². The molecule has 1 saturated carbocycles. The minimum atomic E-state index is -0.737. The maximum atomic E-state index is 10.6. The summed E-state index contributed by atoms with van der Waals surface area (Å²) in [5, 5.41) is 10.1. The summed E-state index contributed by atoms with van der Waals surface area (Å²) in [6, 6.07) is 1.84. The van der Waals surface area contributed by atoms with Crippen molar-refractivity contribution in [2.24, 2.45) is 11.8 Å². The molecule has 2 fully saturated rings. The van der Waals surface area contributed by atoms with E-state index in [1.165, 1.54) is 25.6 Å². The van der Waals surface area contributed by atoms with Crippen LogP contribution in [0.5, 0.6) is 0 Å². The number of hydrogen-bond acceptors (Lipinski definition) is 3. The molecule has 2 atom stereocenters. The van der Waals surface area contributed by atoms with E-state index in [4.69, 9.17) is 16.7 Å². The molecule has 7 heteroatoms. The molecule has 0 aromatic carbocycles. The molecule has 0 spiro atoms. The van der Waals surface area contributed by atoms with Crippen LogP contribution in [-0.4, -0.2) is 44.1 Å². The predicted molar refractivity (Wildman–Crippen MR) is 79.3 cm³/mol. The van der Waals surface area contributed by atoms with Crippen LogP contribution in [0.4, 0.5) is 4.79 Å². The van der Waals surface area contributed by atoms with Gasteiger partial charge in [-0.1, -0.05) is 18.0 Å². The van der Waals surface area contributed by atoms with Gasteiger partial charge in [-0.25, -0.2) is 14.8 Å². The zero-order valence-electron chi connectivity index (χ0n) is 11.5. The number of carbonyl (C=O) groups is 1. The molecule has 2 unspecified atom stereocenters. The third-order valence-electron chi connectivity index (χ3n) is 4.30. The second kappa shape index (κ2) is 5.89. The van der Waals surface area contributed by atoms with Gasteiger partial charge in [0, 0.05) is 19.3 Å². The number of nitrogens with zero attached hydrogens (tertiary/aromatic N) is 3. The normalized spacial score (nSPS) is 23.8. The third-order valence-corrected chi connectivity index (χ3v) is 4.60.